The Balaban J connectivity index is 2.58. The monoisotopic (exact) mass is 309 g/mol. The van der Waals surface area contributed by atoms with Crippen molar-refractivity contribution in [2.75, 3.05) is 19.5 Å². The maximum absolute atomic E-state index is 12.2. The summed E-state index contributed by atoms with van der Waals surface area (Å²) < 4.78 is 7.29. The molecule has 0 aliphatic carbocycles. The molecular formula is C15H20ClN3O2. The number of nitrogens with one attached hydrogen (secondary N) is 1. The quantitative estimate of drug-likeness (QED) is 0.834. The molecule has 0 spiro atoms. The van der Waals surface area contributed by atoms with E-state index < -0.39 is 0 Å². The van der Waals surface area contributed by atoms with Crippen LogP contribution >= 0.6 is 11.6 Å². The first-order chi connectivity index (χ1) is 10.1. The van der Waals surface area contributed by atoms with Crippen LogP contribution in [0.25, 0.3) is 11.0 Å². The number of likely N-dealkylation sites (N-methyl/N-ethyl adjacent to an activating group) is 1. The van der Waals surface area contributed by atoms with E-state index in [1.165, 1.54) is 0 Å². The summed E-state index contributed by atoms with van der Waals surface area (Å²) in [6, 6.07) is 5.35. The molecule has 6 heteroatoms. The second-order valence-corrected chi connectivity index (χ2v) is 5.11. The summed E-state index contributed by atoms with van der Waals surface area (Å²) in [6.45, 7) is 4.37. The molecule has 1 atom stereocenters. The summed E-state index contributed by atoms with van der Waals surface area (Å²) in [5, 5.41) is 2.84. The Morgan fingerprint density at radius 1 is 1.52 bits per heavy atom. The molecule has 1 aromatic carbocycles. The van der Waals surface area contributed by atoms with Gasteiger partial charge in [-0.3, -0.25) is 4.79 Å². The molecule has 1 aromatic heterocycles. The van der Waals surface area contributed by atoms with Crippen LogP contribution in [-0.4, -0.2) is 35.0 Å². The number of methoxy groups -OCH3 is 1. The zero-order valence-electron chi connectivity index (χ0n) is 12.5. The molecule has 2 rings (SSSR count). The molecule has 1 amide bonds. The predicted molar refractivity (Wildman–Crippen MR) is 84.1 cm³/mol. The van der Waals surface area contributed by atoms with Crippen LogP contribution < -0.4 is 10.1 Å². The number of rotatable bonds is 6. The third-order valence-corrected chi connectivity index (χ3v) is 3.60. The van der Waals surface area contributed by atoms with Gasteiger partial charge in [-0.25, -0.2) is 4.98 Å². The highest BCUT2D eigenvalue weighted by Crippen LogP contribution is 2.28. The van der Waals surface area contributed by atoms with Crippen molar-refractivity contribution in [1.29, 1.82) is 0 Å². The lowest BCUT2D eigenvalue weighted by Gasteiger charge is -2.16. The fraction of sp³-hybridized carbons (Fsp3) is 0.467. The first kappa shape index (κ1) is 15.6. The largest absolute Gasteiger partial charge is 0.494 e. The second-order valence-electron chi connectivity index (χ2n) is 4.74. The van der Waals surface area contributed by atoms with Gasteiger partial charge in [0.25, 0.3) is 0 Å². The Labute approximate surface area is 129 Å². The van der Waals surface area contributed by atoms with Crippen LogP contribution in [-0.2, 0) is 11.2 Å². The van der Waals surface area contributed by atoms with E-state index in [2.05, 4.69) is 10.3 Å². The van der Waals surface area contributed by atoms with Gasteiger partial charge in [0.05, 0.1) is 12.6 Å². The molecule has 0 fully saturated rings. The first-order valence-corrected chi connectivity index (χ1v) is 7.55. The van der Waals surface area contributed by atoms with E-state index in [9.17, 15) is 4.79 Å². The number of fused-ring (bicyclic) bond motifs is 1. The van der Waals surface area contributed by atoms with Crippen molar-refractivity contribution in [1.82, 2.24) is 14.9 Å². The average molecular weight is 310 g/mol. The summed E-state index contributed by atoms with van der Waals surface area (Å²) in [4.78, 5) is 16.8. The highest BCUT2D eigenvalue weighted by atomic mass is 35.5. The number of para-hydroxylation sites is 1. The minimum absolute atomic E-state index is 0.0320. The fourth-order valence-electron chi connectivity index (χ4n) is 2.44. The van der Waals surface area contributed by atoms with Crippen molar-refractivity contribution in [3.63, 3.8) is 0 Å². The minimum atomic E-state index is -0.347. The van der Waals surface area contributed by atoms with Gasteiger partial charge in [0.2, 0.25) is 5.91 Å². The number of halogens is 1. The van der Waals surface area contributed by atoms with Crippen LogP contribution in [0.1, 0.15) is 25.7 Å². The van der Waals surface area contributed by atoms with Crippen LogP contribution in [0.3, 0.4) is 0 Å². The molecule has 0 aliphatic heterocycles. The number of carbonyl (C=O) groups is 1. The molecule has 1 unspecified atom stereocenters. The van der Waals surface area contributed by atoms with Crippen molar-refractivity contribution in [3.05, 3.63) is 24.0 Å². The molecule has 1 heterocycles. The van der Waals surface area contributed by atoms with E-state index in [1.807, 2.05) is 36.6 Å². The van der Waals surface area contributed by atoms with Crippen molar-refractivity contribution in [2.45, 2.75) is 26.3 Å². The molecule has 0 radical (unpaired) electrons. The van der Waals surface area contributed by atoms with Crippen molar-refractivity contribution in [2.24, 2.45) is 0 Å². The van der Waals surface area contributed by atoms with Crippen LogP contribution in [0.4, 0.5) is 0 Å². The summed E-state index contributed by atoms with van der Waals surface area (Å²) in [6.07, 6.45) is 0.600. The maximum atomic E-state index is 12.2. The number of amides is 1. The lowest BCUT2D eigenvalue weighted by atomic mass is 10.2. The number of aryl methyl sites for hydroxylation is 1. The van der Waals surface area contributed by atoms with Gasteiger partial charge in [0.1, 0.15) is 23.1 Å². The molecule has 5 nitrogen and oxygen atoms in total. The summed E-state index contributed by atoms with van der Waals surface area (Å²) in [5.74, 6) is 1.91. The number of nitrogens with zero attached hydrogens (tertiary/aromatic N) is 2. The number of carbonyl (C=O) groups excluding carboxylic acids is 1. The van der Waals surface area contributed by atoms with E-state index in [1.54, 1.807) is 7.11 Å². The van der Waals surface area contributed by atoms with Crippen molar-refractivity contribution < 1.29 is 9.53 Å². The Morgan fingerprint density at radius 3 is 2.90 bits per heavy atom. The van der Waals surface area contributed by atoms with Crippen LogP contribution in [0.5, 0.6) is 5.75 Å². The van der Waals surface area contributed by atoms with Gasteiger partial charge >= 0.3 is 0 Å². The van der Waals surface area contributed by atoms with E-state index >= 15 is 0 Å². The fourth-order valence-corrected chi connectivity index (χ4v) is 2.61. The maximum Gasteiger partial charge on any atom is 0.242 e. The van der Waals surface area contributed by atoms with Crippen molar-refractivity contribution in [3.8, 4) is 5.75 Å². The zero-order chi connectivity index (χ0) is 15.4. The molecule has 0 saturated carbocycles. The molecule has 114 valence electrons. The highest BCUT2D eigenvalue weighted by Gasteiger charge is 2.22. The number of benzene rings is 1. The number of aromatic nitrogens is 2. The van der Waals surface area contributed by atoms with E-state index in [0.29, 0.717) is 24.6 Å². The van der Waals surface area contributed by atoms with Gasteiger partial charge in [0.15, 0.2) is 0 Å². The number of hydrogen-bond donors (Lipinski definition) is 1. The smallest absolute Gasteiger partial charge is 0.242 e. The molecule has 0 saturated heterocycles. The van der Waals surface area contributed by atoms with Gasteiger partial charge in [-0.15, -0.1) is 11.6 Å². The summed E-state index contributed by atoms with van der Waals surface area (Å²) in [5.41, 5.74) is 1.64. The van der Waals surface area contributed by atoms with Crippen LogP contribution in [0.15, 0.2) is 18.2 Å². The second kappa shape index (κ2) is 6.80. The van der Waals surface area contributed by atoms with E-state index in [4.69, 9.17) is 16.3 Å². The van der Waals surface area contributed by atoms with Gasteiger partial charge < -0.3 is 14.6 Å². The number of alkyl halides is 1. The number of hydrogen-bond acceptors (Lipinski definition) is 3. The van der Waals surface area contributed by atoms with Crippen LogP contribution in [0, 0.1) is 0 Å². The van der Waals surface area contributed by atoms with Crippen LogP contribution in [0.2, 0.25) is 0 Å². The standard InChI is InChI=1S/C15H20ClN3O2/c1-4-17-15(20)10(2)19-11-6-5-7-12(21-3)14(11)18-13(19)8-9-16/h5-7,10H,4,8-9H2,1-3H3,(H,17,20). The topological polar surface area (TPSA) is 56.2 Å². The third-order valence-electron chi connectivity index (χ3n) is 3.41. The molecule has 1 N–H and O–H groups in total. The molecule has 21 heavy (non-hydrogen) atoms. The lowest BCUT2D eigenvalue weighted by molar-refractivity contribution is -0.123. The lowest BCUT2D eigenvalue weighted by Crippen LogP contribution is -2.31. The Morgan fingerprint density at radius 2 is 2.29 bits per heavy atom. The molecule has 0 aliphatic rings. The molecular weight excluding hydrogens is 290 g/mol. The van der Waals surface area contributed by atoms with Gasteiger partial charge in [-0.2, -0.15) is 0 Å². The SMILES string of the molecule is CCNC(=O)C(C)n1c(CCCl)nc2c(OC)cccc21. The Hall–Kier alpha value is -1.75. The molecule has 0 bridgehead atoms. The summed E-state index contributed by atoms with van der Waals surface area (Å²) >= 11 is 5.87. The predicted octanol–water partition coefficient (Wildman–Crippen LogP) is 2.52. The number of ether oxygens (including phenoxy) is 1. The summed E-state index contributed by atoms with van der Waals surface area (Å²) in [7, 11) is 1.61. The highest BCUT2D eigenvalue weighted by molar-refractivity contribution is 6.18. The number of imidazole rings is 1. The molecule has 2 aromatic rings. The first-order valence-electron chi connectivity index (χ1n) is 7.01. The Kier molecular flexibility index (Phi) is 5.07. The van der Waals surface area contributed by atoms with Gasteiger partial charge in [0, 0.05) is 18.8 Å². The third kappa shape index (κ3) is 2.97. The van der Waals surface area contributed by atoms with Crippen molar-refractivity contribution >= 4 is 28.5 Å². The van der Waals surface area contributed by atoms with Gasteiger partial charge in [-0.1, -0.05) is 6.07 Å². The zero-order valence-corrected chi connectivity index (χ0v) is 13.3. The normalized spacial score (nSPS) is 12.4. The average Bonchev–Trinajstić information content (AvgIpc) is 2.85. The van der Waals surface area contributed by atoms with Gasteiger partial charge in [-0.05, 0) is 26.0 Å². The Bertz CT molecular complexity index is 639. The minimum Gasteiger partial charge on any atom is -0.494 e. The van der Waals surface area contributed by atoms with E-state index in [-0.39, 0.29) is 11.9 Å². The van der Waals surface area contributed by atoms with E-state index in [0.717, 1.165) is 16.9 Å².